The van der Waals surface area contributed by atoms with Gasteiger partial charge in [0.15, 0.2) is 0 Å². The average molecular weight is 324 g/mol. The van der Waals surface area contributed by atoms with Crippen LogP contribution in [0.3, 0.4) is 0 Å². The van der Waals surface area contributed by atoms with E-state index in [1.54, 1.807) is 6.07 Å². The van der Waals surface area contributed by atoms with E-state index in [1.807, 2.05) is 6.92 Å². The predicted molar refractivity (Wildman–Crippen MR) is 78.4 cm³/mol. The fourth-order valence-corrected chi connectivity index (χ4v) is 1.91. The number of benzene rings is 1. The number of ether oxygens (including phenoxy) is 1. The molecule has 1 aromatic heterocycles. The summed E-state index contributed by atoms with van der Waals surface area (Å²) in [6, 6.07) is 5.59. The Morgan fingerprint density at radius 2 is 1.95 bits per heavy atom. The Balaban J connectivity index is 2.38. The number of hydrogen-bond donors (Lipinski definition) is 0. The minimum Gasteiger partial charge on any atom is -0.430 e. The topological polar surface area (TPSA) is 108 Å². The molecule has 114 valence electrons. The molecule has 2 aromatic rings. The van der Waals surface area contributed by atoms with Gasteiger partial charge in [0.2, 0.25) is 11.6 Å². The molecule has 1 heterocycles. The summed E-state index contributed by atoms with van der Waals surface area (Å²) in [6.45, 7) is 1.87. The lowest BCUT2D eigenvalue weighted by Gasteiger charge is -2.07. The second kappa shape index (κ2) is 6.35. The molecule has 0 saturated carbocycles. The van der Waals surface area contributed by atoms with Crippen molar-refractivity contribution in [3.05, 3.63) is 61.3 Å². The van der Waals surface area contributed by atoms with Crippen molar-refractivity contribution in [3.8, 4) is 11.6 Å². The molecule has 0 N–H and O–H groups in total. The number of halogens is 1. The molecule has 0 fully saturated rings. The van der Waals surface area contributed by atoms with Crippen LogP contribution in [-0.4, -0.2) is 14.8 Å². The molecular formula is C13H10ClN3O5. The van der Waals surface area contributed by atoms with Gasteiger partial charge in [0.1, 0.15) is 11.2 Å². The van der Waals surface area contributed by atoms with E-state index in [4.69, 9.17) is 16.3 Å². The minimum atomic E-state index is -0.652. The summed E-state index contributed by atoms with van der Waals surface area (Å²) in [5.74, 6) is -0.176. The molecule has 0 aliphatic rings. The zero-order valence-electron chi connectivity index (χ0n) is 11.4. The van der Waals surface area contributed by atoms with Gasteiger partial charge in [-0.3, -0.25) is 20.2 Å². The number of nitrogens with zero attached hydrogens (tertiary/aromatic N) is 3. The van der Waals surface area contributed by atoms with Gasteiger partial charge >= 0.3 is 5.69 Å². The fraction of sp³-hybridized carbons (Fsp3) is 0.154. The lowest BCUT2D eigenvalue weighted by molar-refractivity contribution is -0.385. The summed E-state index contributed by atoms with van der Waals surface area (Å²) < 4.78 is 5.33. The standard InChI is InChI=1S/C13H10ClN3O5/c1-2-8-3-4-12(11(5-8)17(20)21)22-13-10(14)6-9(7-15-13)16(18)19/h3-7H,2H2,1H3. The Morgan fingerprint density at radius 1 is 1.23 bits per heavy atom. The van der Waals surface area contributed by atoms with Crippen LogP contribution < -0.4 is 4.74 Å². The van der Waals surface area contributed by atoms with Crippen LogP contribution in [0.25, 0.3) is 0 Å². The molecule has 0 aliphatic heterocycles. The zero-order valence-corrected chi connectivity index (χ0v) is 12.1. The van der Waals surface area contributed by atoms with Gasteiger partial charge in [-0.1, -0.05) is 24.6 Å². The Labute approximate surface area is 129 Å². The SMILES string of the molecule is CCc1ccc(Oc2ncc([N+](=O)[O-])cc2Cl)c([N+](=O)[O-])c1. The molecule has 0 saturated heterocycles. The third-order valence-electron chi connectivity index (χ3n) is 2.84. The molecule has 22 heavy (non-hydrogen) atoms. The molecule has 0 bridgehead atoms. The van der Waals surface area contributed by atoms with Crippen LogP contribution in [-0.2, 0) is 6.42 Å². The molecule has 1 aromatic carbocycles. The highest BCUT2D eigenvalue weighted by Gasteiger charge is 2.19. The quantitative estimate of drug-likeness (QED) is 0.609. The van der Waals surface area contributed by atoms with E-state index in [2.05, 4.69) is 4.98 Å². The summed E-state index contributed by atoms with van der Waals surface area (Å²) >= 11 is 5.85. The molecule has 0 spiro atoms. The van der Waals surface area contributed by atoms with E-state index < -0.39 is 9.85 Å². The second-order valence-corrected chi connectivity index (χ2v) is 4.66. The maximum Gasteiger partial charge on any atom is 0.311 e. The summed E-state index contributed by atoms with van der Waals surface area (Å²) in [5, 5.41) is 21.6. The van der Waals surface area contributed by atoms with Gasteiger partial charge in [-0.25, -0.2) is 4.98 Å². The molecule has 0 atom stereocenters. The summed E-state index contributed by atoms with van der Waals surface area (Å²) in [6.07, 6.45) is 1.60. The number of hydrogen-bond acceptors (Lipinski definition) is 6. The Hall–Kier alpha value is -2.74. The first-order valence-electron chi connectivity index (χ1n) is 6.17. The molecule has 0 radical (unpaired) electrons. The molecule has 8 nitrogen and oxygen atoms in total. The molecule has 9 heteroatoms. The van der Waals surface area contributed by atoms with Gasteiger partial charge in [-0.2, -0.15) is 0 Å². The number of aromatic nitrogens is 1. The number of nitro benzene ring substituents is 1. The summed E-state index contributed by atoms with van der Waals surface area (Å²) in [4.78, 5) is 24.2. The van der Waals surface area contributed by atoms with Crippen molar-refractivity contribution in [3.63, 3.8) is 0 Å². The van der Waals surface area contributed by atoms with Crippen LogP contribution in [0.1, 0.15) is 12.5 Å². The van der Waals surface area contributed by atoms with E-state index in [-0.39, 0.29) is 28.0 Å². The smallest absolute Gasteiger partial charge is 0.311 e. The Bertz CT molecular complexity index is 750. The van der Waals surface area contributed by atoms with Gasteiger partial charge in [0.05, 0.1) is 9.85 Å². The number of pyridine rings is 1. The molecule has 0 unspecified atom stereocenters. The highest BCUT2D eigenvalue weighted by Crippen LogP contribution is 2.35. The Kier molecular flexibility index (Phi) is 4.52. The van der Waals surface area contributed by atoms with E-state index >= 15 is 0 Å². The maximum absolute atomic E-state index is 11.1. The molecule has 2 rings (SSSR count). The van der Waals surface area contributed by atoms with Crippen LogP contribution in [0.5, 0.6) is 11.6 Å². The normalized spacial score (nSPS) is 10.3. The third-order valence-corrected chi connectivity index (χ3v) is 3.11. The van der Waals surface area contributed by atoms with Crippen molar-refractivity contribution in [1.29, 1.82) is 0 Å². The van der Waals surface area contributed by atoms with Crippen molar-refractivity contribution in [2.45, 2.75) is 13.3 Å². The van der Waals surface area contributed by atoms with Crippen molar-refractivity contribution >= 4 is 23.0 Å². The van der Waals surface area contributed by atoms with Crippen molar-refractivity contribution in [2.75, 3.05) is 0 Å². The van der Waals surface area contributed by atoms with Crippen LogP contribution in [0, 0.1) is 20.2 Å². The molecule has 0 aliphatic carbocycles. The van der Waals surface area contributed by atoms with Gasteiger partial charge in [0.25, 0.3) is 5.69 Å². The van der Waals surface area contributed by atoms with Gasteiger partial charge in [-0.05, 0) is 18.1 Å². The van der Waals surface area contributed by atoms with Crippen LogP contribution >= 0.6 is 11.6 Å². The highest BCUT2D eigenvalue weighted by molar-refractivity contribution is 6.32. The lowest BCUT2D eigenvalue weighted by atomic mass is 10.1. The highest BCUT2D eigenvalue weighted by atomic mass is 35.5. The van der Waals surface area contributed by atoms with Crippen molar-refractivity contribution in [1.82, 2.24) is 4.98 Å². The van der Waals surface area contributed by atoms with Gasteiger partial charge in [0, 0.05) is 12.1 Å². The van der Waals surface area contributed by atoms with E-state index in [0.29, 0.717) is 6.42 Å². The molecular weight excluding hydrogens is 314 g/mol. The van der Waals surface area contributed by atoms with E-state index in [0.717, 1.165) is 17.8 Å². The second-order valence-electron chi connectivity index (χ2n) is 4.25. The number of rotatable bonds is 5. The monoisotopic (exact) mass is 323 g/mol. The summed E-state index contributed by atoms with van der Waals surface area (Å²) in [5.41, 5.74) is 0.255. The number of nitro groups is 2. The van der Waals surface area contributed by atoms with E-state index in [9.17, 15) is 20.2 Å². The van der Waals surface area contributed by atoms with Gasteiger partial charge in [-0.15, -0.1) is 0 Å². The lowest BCUT2D eigenvalue weighted by Crippen LogP contribution is -1.97. The first-order chi connectivity index (χ1) is 10.4. The minimum absolute atomic E-state index is 0.0366. The Morgan fingerprint density at radius 3 is 2.50 bits per heavy atom. The fourth-order valence-electron chi connectivity index (χ4n) is 1.71. The largest absolute Gasteiger partial charge is 0.430 e. The van der Waals surface area contributed by atoms with Gasteiger partial charge < -0.3 is 4.74 Å². The predicted octanol–water partition coefficient (Wildman–Crippen LogP) is 3.91. The van der Waals surface area contributed by atoms with Crippen LogP contribution in [0.15, 0.2) is 30.5 Å². The average Bonchev–Trinajstić information content (AvgIpc) is 2.49. The van der Waals surface area contributed by atoms with E-state index in [1.165, 1.54) is 12.1 Å². The maximum atomic E-state index is 11.1. The number of aryl methyl sites for hydroxylation is 1. The van der Waals surface area contributed by atoms with Crippen molar-refractivity contribution < 1.29 is 14.6 Å². The van der Waals surface area contributed by atoms with Crippen LogP contribution in [0.4, 0.5) is 11.4 Å². The van der Waals surface area contributed by atoms with Crippen LogP contribution in [0.2, 0.25) is 5.02 Å². The summed E-state index contributed by atoms with van der Waals surface area (Å²) in [7, 11) is 0. The first-order valence-corrected chi connectivity index (χ1v) is 6.55. The molecule has 0 amide bonds. The third kappa shape index (κ3) is 3.29. The van der Waals surface area contributed by atoms with Crippen molar-refractivity contribution in [2.24, 2.45) is 0 Å². The zero-order chi connectivity index (χ0) is 16.3. The first kappa shape index (κ1) is 15.6.